The second-order valence-corrected chi connectivity index (χ2v) is 5.40. The smallest absolute Gasteiger partial charge is 0.225 e. The maximum Gasteiger partial charge on any atom is 0.225 e. The molecule has 0 radical (unpaired) electrons. The Bertz CT molecular complexity index is 403. The predicted octanol–water partition coefficient (Wildman–Crippen LogP) is 2.98. The minimum absolute atomic E-state index is 0.736. The highest BCUT2D eigenvalue weighted by atomic mass is 32.1. The van der Waals surface area contributed by atoms with E-state index in [1.807, 2.05) is 0 Å². The number of rotatable bonds is 5. The van der Waals surface area contributed by atoms with Crippen LogP contribution in [0.1, 0.15) is 39.0 Å². The number of H-pyrrole nitrogens is 1. The fourth-order valence-electron chi connectivity index (χ4n) is 2.69. The van der Waals surface area contributed by atoms with Gasteiger partial charge in [0.25, 0.3) is 0 Å². The number of nitrogens with one attached hydrogen (secondary N) is 1. The lowest BCUT2D eigenvalue weighted by atomic mass is 10.1. The van der Waals surface area contributed by atoms with Crippen molar-refractivity contribution in [2.45, 2.75) is 45.6 Å². The van der Waals surface area contributed by atoms with Crippen LogP contribution in [-0.2, 0) is 6.54 Å². The summed E-state index contributed by atoms with van der Waals surface area (Å²) < 4.78 is 2.84. The molecule has 96 valence electrons. The predicted molar refractivity (Wildman–Crippen MR) is 72.9 cm³/mol. The Morgan fingerprint density at radius 2 is 2.18 bits per heavy atom. The molecular formula is C12H22N4S. The summed E-state index contributed by atoms with van der Waals surface area (Å²) in [6.07, 6.45) is 6.59. The van der Waals surface area contributed by atoms with Gasteiger partial charge in [-0.1, -0.05) is 19.8 Å². The Labute approximate surface area is 108 Å². The minimum atomic E-state index is 0.736. The van der Waals surface area contributed by atoms with Gasteiger partial charge in [0.2, 0.25) is 5.95 Å². The molecule has 1 aliphatic rings. The van der Waals surface area contributed by atoms with Gasteiger partial charge < -0.3 is 4.90 Å². The van der Waals surface area contributed by atoms with Gasteiger partial charge in [-0.15, -0.1) is 5.10 Å². The topological polar surface area (TPSA) is 36.9 Å². The molecule has 2 rings (SSSR count). The van der Waals surface area contributed by atoms with E-state index in [9.17, 15) is 0 Å². The van der Waals surface area contributed by atoms with E-state index in [1.54, 1.807) is 0 Å². The number of anilines is 1. The summed E-state index contributed by atoms with van der Waals surface area (Å²) in [5, 5.41) is 7.25. The molecule has 1 fully saturated rings. The zero-order chi connectivity index (χ0) is 12.3. The molecule has 4 nitrogen and oxygen atoms in total. The number of hydrogen-bond acceptors (Lipinski definition) is 3. The molecule has 1 aromatic heterocycles. The lowest BCUT2D eigenvalue weighted by molar-refractivity contribution is 0.534. The van der Waals surface area contributed by atoms with Crippen molar-refractivity contribution in [1.82, 2.24) is 14.8 Å². The highest BCUT2D eigenvalue weighted by Crippen LogP contribution is 2.26. The Morgan fingerprint density at radius 3 is 2.82 bits per heavy atom. The summed E-state index contributed by atoms with van der Waals surface area (Å²) in [6.45, 7) is 4.21. The fourth-order valence-corrected chi connectivity index (χ4v) is 2.91. The lowest BCUT2D eigenvalue weighted by Crippen LogP contribution is -2.27. The van der Waals surface area contributed by atoms with Crippen LogP contribution in [0.15, 0.2) is 0 Å². The van der Waals surface area contributed by atoms with Crippen LogP contribution >= 0.6 is 12.2 Å². The molecule has 0 atom stereocenters. The van der Waals surface area contributed by atoms with Gasteiger partial charge in [-0.3, -0.25) is 4.57 Å². The third kappa shape index (κ3) is 2.89. The van der Waals surface area contributed by atoms with Gasteiger partial charge in [0, 0.05) is 20.1 Å². The van der Waals surface area contributed by atoms with Crippen LogP contribution in [0.4, 0.5) is 5.95 Å². The van der Waals surface area contributed by atoms with E-state index in [1.165, 1.54) is 25.7 Å². The first-order chi connectivity index (χ1) is 8.22. The summed E-state index contributed by atoms with van der Waals surface area (Å²) in [5.74, 6) is 1.82. The van der Waals surface area contributed by atoms with Crippen molar-refractivity contribution in [3.8, 4) is 0 Å². The molecule has 0 amide bonds. The lowest BCUT2D eigenvalue weighted by Gasteiger charge is -2.22. The van der Waals surface area contributed by atoms with Crippen molar-refractivity contribution in [2.24, 2.45) is 5.92 Å². The molecule has 1 heterocycles. The summed E-state index contributed by atoms with van der Waals surface area (Å²) in [6, 6.07) is 0. The first-order valence-electron chi connectivity index (χ1n) is 6.58. The third-order valence-electron chi connectivity index (χ3n) is 3.53. The highest BCUT2D eigenvalue weighted by Gasteiger charge is 2.19. The first kappa shape index (κ1) is 12.6. The van der Waals surface area contributed by atoms with Crippen LogP contribution < -0.4 is 4.90 Å². The molecule has 1 N–H and O–H groups in total. The van der Waals surface area contributed by atoms with Gasteiger partial charge in [0.05, 0.1) is 0 Å². The van der Waals surface area contributed by atoms with Crippen molar-refractivity contribution in [1.29, 1.82) is 0 Å². The SMILES string of the molecule is CCCn1c(N(C)CC2CCCC2)n[nH]c1=S. The Morgan fingerprint density at radius 1 is 1.47 bits per heavy atom. The zero-order valence-electron chi connectivity index (χ0n) is 10.8. The fraction of sp³-hybridized carbons (Fsp3) is 0.833. The van der Waals surface area contributed by atoms with E-state index in [2.05, 4.69) is 33.6 Å². The number of hydrogen-bond donors (Lipinski definition) is 1. The van der Waals surface area contributed by atoms with Crippen molar-refractivity contribution < 1.29 is 0 Å². The molecule has 0 aliphatic heterocycles. The van der Waals surface area contributed by atoms with E-state index in [-0.39, 0.29) is 0 Å². The Hall–Kier alpha value is -0.840. The molecule has 0 bridgehead atoms. The van der Waals surface area contributed by atoms with Gasteiger partial charge in [-0.25, -0.2) is 5.10 Å². The standard InChI is InChI=1S/C12H22N4S/c1-3-8-16-11(13-14-12(16)17)15(2)9-10-6-4-5-7-10/h10H,3-9H2,1-2H3,(H,14,17). The van der Waals surface area contributed by atoms with Crippen molar-refractivity contribution >= 4 is 18.2 Å². The second-order valence-electron chi connectivity index (χ2n) is 5.01. The maximum absolute atomic E-state index is 5.26. The summed E-state index contributed by atoms with van der Waals surface area (Å²) in [4.78, 5) is 2.25. The van der Waals surface area contributed by atoms with Crippen LogP contribution in [0.5, 0.6) is 0 Å². The van der Waals surface area contributed by atoms with Crippen molar-refractivity contribution in [3.05, 3.63) is 4.77 Å². The van der Waals surface area contributed by atoms with Crippen molar-refractivity contribution in [3.63, 3.8) is 0 Å². The quantitative estimate of drug-likeness (QED) is 0.821. The molecule has 17 heavy (non-hydrogen) atoms. The van der Waals surface area contributed by atoms with Gasteiger partial charge in [-0.05, 0) is 37.4 Å². The van der Waals surface area contributed by atoms with E-state index in [0.29, 0.717) is 0 Å². The van der Waals surface area contributed by atoms with Crippen LogP contribution in [0.25, 0.3) is 0 Å². The van der Waals surface area contributed by atoms with Gasteiger partial charge in [0.15, 0.2) is 4.77 Å². The van der Waals surface area contributed by atoms with E-state index in [4.69, 9.17) is 12.2 Å². The van der Waals surface area contributed by atoms with Crippen LogP contribution in [-0.4, -0.2) is 28.4 Å². The molecule has 0 saturated heterocycles. The first-order valence-corrected chi connectivity index (χ1v) is 6.99. The number of aromatic nitrogens is 3. The van der Waals surface area contributed by atoms with E-state index in [0.717, 1.165) is 36.1 Å². The maximum atomic E-state index is 5.26. The van der Waals surface area contributed by atoms with Crippen LogP contribution in [0, 0.1) is 10.7 Å². The van der Waals surface area contributed by atoms with Crippen LogP contribution in [0.3, 0.4) is 0 Å². The minimum Gasteiger partial charge on any atom is -0.344 e. The Balaban J connectivity index is 2.07. The molecule has 1 aromatic rings. The van der Waals surface area contributed by atoms with Gasteiger partial charge in [0.1, 0.15) is 0 Å². The largest absolute Gasteiger partial charge is 0.344 e. The van der Waals surface area contributed by atoms with E-state index >= 15 is 0 Å². The molecule has 5 heteroatoms. The average Bonchev–Trinajstić information content (AvgIpc) is 2.91. The average molecular weight is 254 g/mol. The molecule has 0 unspecified atom stereocenters. The Kier molecular flexibility index (Phi) is 4.20. The van der Waals surface area contributed by atoms with E-state index < -0.39 is 0 Å². The van der Waals surface area contributed by atoms with Crippen LogP contribution in [0.2, 0.25) is 0 Å². The van der Waals surface area contributed by atoms with Crippen molar-refractivity contribution in [2.75, 3.05) is 18.5 Å². The number of aromatic amines is 1. The van der Waals surface area contributed by atoms with Gasteiger partial charge >= 0.3 is 0 Å². The summed E-state index contributed by atoms with van der Waals surface area (Å²) >= 11 is 5.26. The number of nitrogens with zero attached hydrogens (tertiary/aromatic N) is 3. The molecule has 1 aliphatic carbocycles. The molecular weight excluding hydrogens is 232 g/mol. The molecule has 1 saturated carbocycles. The highest BCUT2D eigenvalue weighted by molar-refractivity contribution is 7.71. The summed E-state index contributed by atoms with van der Waals surface area (Å²) in [7, 11) is 2.12. The zero-order valence-corrected chi connectivity index (χ0v) is 11.6. The second kappa shape index (κ2) is 5.67. The summed E-state index contributed by atoms with van der Waals surface area (Å²) in [5.41, 5.74) is 0. The monoisotopic (exact) mass is 254 g/mol. The molecule has 0 spiro atoms. The third-order valence-corrected chi connectivity index (χ3v) is 3.85. The normalized spacial score (nSPS) is 16.6. The molecule has 0 aromatic carbocycles. The van der Waals surface area contributed by atoms with Gasteiger partial charge in [-0.2, -0.15) is 0 Å².